The van der Waals surface area contributed by atoms with E-state index in [2.05, 4.69) is 5.32 Å². The van der Waals surface area contributed by atoms with Crippen LogP contribution in [0.1, 0.15) is 20.3 Å². The Morgan fingerprint density at radius 1 is 1.37 bits per heavy atom. The molecular formula is C13H20Cl2N2O2. The van der Waals surface area contributed by atoms with Crippen LogP contribution < -0.4 is 15.8 Å². The summed E-state index contributed by atoms with van der Waals surface area (Å²) < 4.78 is 5.62. The van der Waals surface area contributed by atoms with Crippen LogP contribution in [0.3, 0.4) is 0 Å². The molecule has 1 aromatic rings. The number of hydrogen-bond donors (Lipinski definition) is 2. The number of ether oxygens (including phenoxy) is 1. The van der Waals surface area contributed by atoms with Gasteiger partial charge >= 0.3 is 0 Å². The summed E-state index contributed by atoms with van der Waals surface area (Å²) in [6.45, 7) is 4.14. The van der Waals surface area contributed by atoms with Gasteiger partial charge in [0.15, 0.2) is 0 Å². The number of hydrogen-bond acceptors (Lipinski definition) is 3. The van der Waals surface area contributed by atoms with Gasteiger partial charge in [-0.3, -0.25) is 4.79 Å². The molecule has 6 heteroatoms. The number of carbonyl (C=O) groups is 1. The molecule has 0 bridgehead atoms. The molecule has 2 atom stereocenters. The predicted molar refractivity (Wildman–Crippen MR) is 80.1 cm³/mol. The van der Waals surface area contributed by atoms with E-state index in [9.17, 15) is 4.79 Å². The summed E-state index contributed by atoms with van der Waals surface area (Å²) in [7, 11) is 0. The van der Waals surface area contributed by atoms with Crippen molar-refractivity contribution in [3.63, 3.8) is 0 Å². The lowest BCUT2D eigenvalue weighted by atomic mass is 10.2. The molecule has 0 heterocycles. The third-order valence-corrected chi connectivity index (χ3v) is 2.50. The molecule has 0 saturated heterocycles. The number of amides is 1. The van der Waals surface area contributed by atoms with Gasteiger partial charge in [-0.25, -0.2) is 0 Å². The number of nitrogens with two attached hydrogens (primary N) is 1. The van der Waals surface area contributed by atoms with Crippen LogP contribution >= 0.6 is 24.0 Å². The minimum atomic E-state index is -0.127. The summed E-state index contributed by atoms with van der Waals surface area (Å²) in [4.78, 5) is 11.4. The normalized spacial score (nSPS) is 13.1. The van der Waals surface area contributed by atoms with Crippen molar-refractivity contribution < 1.29 is 9.53 Å². The zero-order chi connectivity index (χ0) is 13.5. The Hall–Kier alpha value is -0.970. The van der Waals surface area contributed by atoms with Crippen molar-refractivity contribution >= 4 is 29.9 Å². The Morgan fingerprint density at radius 2 is 1.95 bits per heavy atom. The van der Waals surface area contributed by atoms with Gasteiger partial charge in [0.25, 0.3) is 0 Å². The molecule has 4 nitrogen and oxygen atoms in total. The lowest BCUT2D eigenvalue weighted by molar-refractivity contribution is -0.121. The van der Waals surface area contributed by atoms with Gasteiger partial charge in [-0.1, -0.05) is 11.6 Å². The monoisotopic (exact) mass is 306 g/mol. The summed E-state index contributed by atoms with van der Waals surface area (Å²) in [5.41, 5.74) is 5.53. The lowest BCUT2D eigenvalue weighted by Gasteiger charge is -2.16. The van der Waals surface area contributed by atoms with Crippen molar-refractivity contribution in [1.82, 2.24) is 5.32 Å². The Labute approximate surface area is 125 Å². The highest BCUT2D eigenvalue weighted by Gasteiger charge is 2.08. The fraction of sp³-hybridized carbons (Fsp3) is 0.462. The van der Waals surface area contributed by atoms with Crippen LogP contribution in [-0.2, 0) is 4.79 Å². The topological polar surface area (TPSA) is 64.4 Å². The van der Waals surface area contributed by atoms with Gasteiger partial charge in [0.2, 0.25) is 5.91 Å². The standard InChI is InChI=1S/C13H19ClN2O2.ClH/c1-9(15)7-13(17)16-8-10(2)18-12-5-3-11(14)4-6-12;/h3-6,9-10H,7-8,15H2,1-2H3,(H,16,17);1H. The van der Waals surface area contributed by atoms with E-state index in [1.807, 2.05) is 6.92 Å². The third-order valence-electron chi connectivity index (χ3n) is 2.24. The maximum atomic E-state index is 11.4. The lowest BCUT2D eigenvalue weighted by Crippen LogP contribution is -2.36. The summed E-state index contributed by atoms with van der Waals surface area (Å²) in [6, 6.07) is 6.99. The summed E-state index contributed by atoms with van der Waals surface area (Å²) in [5, 5.41) is 3.44. The highest BCUT2D eigenvalue weighted by molar-refractivity contribution is 6.30. The molecule has 0 aliphatic heterocycles. The first kappa shape index (κ1) is 18.0. The molecule has 1 amide bonds. The van der Waals surface area contributed by atoms with E-state index in [4.69, 9.17) is 22.1 Å². The first-order chi connectivity index (χ1) is 8.47. The van der Waals surface area contributed by atoms with Crippen LogP contribution in [0, 0.1) is 0 Å². The molecule has 19 heavy (non-hydrogen) atoms. The van der Waals surface area contributed by atoms with Crippen molar-refractivity contribution in [3.05, 3.63) is 29.3 Å². The first-order valence-electron chi connectivity index (χ1n) is 5.92. The van der Waals surface area contributed by atoms with E-state index < -0.39 is 0 Å². The van der Waals surface area contributed by atoms with E-state index in [1.54, 1.807) is 31.2 Å². The predicted octanol–water partition coefficient (Wildman–Crippen LogP) is 2.38. The summed E-state index contributed by atoms with van der Waals surface area (Å²) in [5.74, 6) is 0.671. The van der Waals surface area contributed by atoms with Crippen LogP contribution in [0.15, 0.2) is 24.3 Å². The molecule has 3 N–H and O–H groups in total. The first-order valence-corrected chi connectivity index (χ1v) is 6.29. The van der Waals surface area contributed by atoms with Crippen molar-refractivity contribution in [2.45, 2.75) is 32.4 Å². The average molecular weight is 307 g/mol. The second-order valence-corrected chi connectivity index (χ2v) is 4.80. The van der Waals surface area contributed by atoms with Crippen molar-refractivity contribution in [2.24, 2.45) is 5.73 Å². The van der Waals surface area contributed by atoms with Gasteiger partial charge in [0, 0.05) is 17.5 Å². The minimum absolute atomic E-state index is 0. The average Bonchev–Trinajstić information content (AvgIpc) is 2.29. The molecule has 0 aliphatic rings. The molecule has 108 valence electrons. The fourth-order valence-corrected chi connectivity index (χ4v) is 1.54. The fourth-order valence-electron chi connectivity index (χ4n) is 1.41. The largest absolute Gasteiger partial charge is 0.489 e. The summed E-state index contributed by atoms with van der Waals surface area (Å²) >= 11 is 5.77. The summed E-state index contributed by atoms with van der Waals surface area (Å²) in [6.07, 6.45) is 0.219. The van der Waals surface area contributed by atoms with Gasteiger partial charge < -0.3 is 15.8 Å². The van der Waals surface area contributed by atoms with Crippen LogP contribution in [-0.4, -0.2) is 24.6 Å². The quantitative estimate of drug-likeness (QED) is 0.848. The smallest absolute Gasteiger partial charge is 0.221 e. The Balaban J connectivity index is 0.00000324. The molecule has 0 radical (unpaired) electrons. The molecule has 0 aliphatic carbocycles. The van der Waals surface area contributed by atoms with E-state index in [-0.39, 0.29) is 30.5 Å². The zero-order valence-corrected chi connectivity index (χ0v) is 12.6. The van der Waals surface area contributed by atoms with Gasteiger partial charge in [-0.05, 0) is 38.1 Å². The number of carbonyl (C=O) groups excluding carboxylic acids is 1. The number of nitrogens with one attached hydrogen (secondary N) is 1. The van der Waals surface area contributed by atoms with E-state index in [0.717, 1.165) is 5.75 Å². The van der Waals surface area contributed by atoms with Gasteiger partial charge in [0.1, 0.15) is 11.9 Å². The Bertz CT molecular complexity index is 383. The molecule has 0 fully saturated rings. The Kier molecular flexibility index (Phi) is 8.56. The SMILES string of the molecule is CC(N)CC(=O)NCC(C)Oc1ccc(Cl)cc1.Cl. The van der Waals surface area contributed by atoms with Crippen LogP contribution in [0.25, 0.3) is 0 Å². The van der Waals surface area contributed by atoms with E-state index >= 15 is 0 Å². The maximum absolute atomic E-state index is 11.4. The second-order valence-electron chi connectivity index (χ2n) is 4.37. The maximum Gasteiger partial charge on any atom is 0.221 e. The van der Waals surface area contributed by atoms with Gasteiger partial charge in [0.05, 0.1) is 6.54 Å². The highest BCUT2D eigenvalue weighted by Crippen LogP contribution is 2.16. The molecule has 0 aromatic heterocycles. The van der Waals surface area contributed by atoms with Crippen molar-refractivity contribution in [3.8, 4) is 5.75 Å². The van der Waals surface area contributed by atoms with Crippen LogP contribution in [0.2, 0.25) is 5.02 Å². The van der Waals surface area contributed by atoms with E-state index in [0.29, 0.717) is 18.0 Å². The van der Waals surface area contributed by atoms with E-state index in [1.165, 1.54) is 0 Å². The molecule has 2 unspecified atom stereocenters. The molecule has 0 spiro atoms. The minimum Gasteiger partial charge on any atom is -0.489 e. The van der Waals surface area contributed by atoms with Gasteiger partial charge in [-0.15, -0.1) is 12.4 Å². The second kappa shape index (κ2) is 9.02. The molecule has 0 saturated carbocycles. The molecule has 1 aromatic carbocycles. The van der Waals surface area contributed by atoms with Crippen LogP contribution in [0.5, 0.6) is 5.75 Å². The number of halogens is 2. The Morgan fingerprint density at radius 3 is 2.47 bits per heavy atom. The van der Waals surface area contributed by atoms with Crippen LogP contribution in [0.4, 0.5) is 0 Å². The highest BCUT2D eigenvalue weighted by atomic mass is 35.5. The van der Waals surface area contributed by atoms with Crippen molar-refractivity contribution in [1.29, 1.82) is 0 Å². The number of rotatable bonds is 6. The molecular weight excluding hydrogens is 287 g/mol. The van der Waals surface area contributed by atoms with Gasteiger partial charge in [-0.2, -0.15) is 0 Å². The van der Waals surface area contributed by atoms with Crippen molar-refractivity contribution in [2.75, 3.05) is 6.54 Å². The molecule has 1 rings (SSSR count). The zero-order valence-electron chi connectivity index (χ0n) is 11.1. The number of benzene rings is 1. The third kappa shape index (κ3) is 7.93.